The Hall–Kier alpha value is -2.08. The molecule has 0 saturated heterocycles. The third kappa shape index (κ3) is 5.37. The van der Waals surface area contributed by atoms with Crippen molar-refractivity contribution in [3.8, 4) is 0 Å². The molecule has 3 N–H and O–H groups in total. The van der Waals surface area contributed by atoms with Crippen LogP contribution in [0.2, 0.25) is 0 Å². The zero-order valence-corrected chi connectivity index (χ0v) is 12.5. The zero-order chi connectivity index (χ0) is 15.8. The van der Waals surface area contributed by atoms with Crippen molar-refractivity contribution in [2.24, 2.45) is 0 Å². The quantitative estimate of drug-likeness (QED) is 0.747. The second-order valence-electron chi connectivity index (χ2n) is 5.48. The Balaban J connectivity index is 1.79. The average Bonchev–Trinajstić information content (AvgIpc) is 2.53. The summed E-state index contributed by atoms with van der Waals surface area (Å²) in [6.45, 7) is 0.133. The fourth-order valence-electron chi connectivity index (χ4n) is 2.68. The molecule has 1 aromatic carbocycles. The Kier molecular flexibility index (Phi) is 6.21. The number of aliphatic carboxylic acids is 1. The van der Waals surface area contributed by atoms with Crippen LogP contribution in [0.25, 0.3) is 0 Å². The van der Waals surface area contributed by atoms with Crippen molar-refractivity contribution in [3.05, 3.63) is 35.9 Å². The molecule has 2 atom stereocenters. The summed E-state index contributed by atoms with van der Waals surface area (Å²) in [4.78, 5) is 22.5. The normalized spacial score (nSPS) is 21.1. The summed E-state index contributed by atoms with van der Waals surface area (Å²) >= 11 is 0. The summed E-state index contributed by atoms with van der Waals surface area (Å²) in [5.41, 5.74) is 0.932. The van der Waals surface area contributed by atoms with Crippen LogP contribution in [-0.4, -0.2) is 35.8 Å². The summed E-state index contributed by atoms with van der Waals surface area (Å²) in [5.74, 6) is -0.893. The van der Waals surface area contributed by atoms with E-state index >= 15 is 0 Å². The Labute approximate surface area is 129 Å². The minimum atomic E-state index is -0.893. The van der Waals surface area contributed by atoms with Gasteiger partial charge >= 0.3 is 12.1 Å². The van der Waals surface area contributed by atoms with Crippen molar-refractivity contribution in [1.82, 2.24) is 10.6 Å². The molecule has 22 heavy (non-hydrogen) atoms. The molecule has 1 saturated carbocycles. The van der Waals surface area contributed by atoms with E-state index in [1.165, 1.54) is 0 Å². The molecule has 0 aromatic heterocycles. The zero-order valence-electron chi connectivity index (χ0n) is 12.5. The van der Waals surface area contributed by atoms with Crippen LogP contribution in [-0.2, 0) is 16.1 Å². The topological polar surface area (TPSA) is 87.7 Å². The van der Waals surface area contributed by atoms with E-state index in [1.54, 1.807) is 0 Å². The predicted molar refractivity (Wildman–Crippen MR) is 81.4 cm³/mol. The maximum Gasteiger partial charge on any atom is 0.407 e. The number of nitrogens with one attached hydrogen (secondary N) is 2. The van der Waals surface area contributed by atoms with E-state index in [-0.39, 0.29) is 25.2 Å². The second-order valence-corrected chi connectivity index (χ2v) is 5.48. The van der Waals surface area contributed by atoms with Gasteiger partial charge in [-0.05, 0) is 18.4 Å². The van der Waals surface area contributed by atoms with Gasteiger partial charge in [-0.15, -0.1) is 0 Å². The molecule has 0 spiro atoms. The molecule has 2 rings (SSSR count). The lowest BCUT2D eigenvalue weighted by molar-refractivity contribution is -0.136. The van der Waals surface area contributed by atoms with E-state index in [9.17, 15) is 9.59 Å². The first-order valence-electron chi connectivity index (χ1n) is 7.57. The van der Waals surface area contributed by atoms with Crippen molar-refractivity contribution >= 4 is 12.1 Å². The monoisotopic (exact) mass is 306 g/mol. The average molecular weight is 306 g/mol. The highest BCUT2D eigenvalue weighted by molar-refractivity contribution is 5.69. The van der Waals surface area contributed by atoms with Gasteiger partial charge in [-0.2, -0.15) is 0 Å². The number of amides is 1. The van der Waals surface area contributed by atoms with E-state index in [1.807, 2.05) is 30.3 Å². The highest BCUT2D eigenvalue weighted by Gasteiger charge is 2.27. The lowest BCUT2D eigenvalue weighted by Gasteiger charge is -2.32. The first-order chi connectivity index (χ1) is 10.6. The number of ether oxygens (including phenoxy) is 1. The van der Waals surface area contributed by atoms with Gasteiger partial charge < -0.3 is 20.5 Å². The van der Waals surface area contributed by atoms with Crippen LogP contribution < -0.4 is 10.6 Å². The number of alkyl carbamates (subject to hydrolysis) is 1. The Morgan fingerprint density at radius 2 is 1.82 bits per heavy atom. The molecule has 1 fully saturated rings. The maximum atomic E-state index is 11.9. The molecule has 0 bridgehead atoms. The Morgan fingerprint density at radius 3 is 2.50 bits per heavy atom. The predicted octanol–water partition coefficient (Wildman–Crippen LogP) is 1.90. The molecule has 6 heteroatoms. The molecule has 0 heterocycles. The van der Waals surface area contributed by atoms with Gasteiger partial charge in [0.1, 0.15) is 6.61 Å². The Bertz CT molecular complexity index is 492. The highest BCUT2D eigenvalue weighted by Crippen LogP contribution is 2.18. The lowest BCUT2D eigenvalue weighted by atomic mass is 9.90. The first-order valence-corrected chi connectivity index (χ1v) is 7.57. The number of carboxylic acids is 1. The number of hydrogen-bond acceptors (Lipinski definition) is 4. The van der Waals surface area contributed by atoms with Crippen molar-refractivity contribution < 1.29 is 19.4 Å². The third-order valence-electron chi connectivity index (χ3n) is 3.80. The van der Waals surface area contributed by atoms with Crippen molar-refractivity contribution in [2.75, 3.05) is 6.54 Å². The smallest absolute Gasteiger partial charge is 0.407 e. The first kappa shape index (κ1) is 16.3. The molecule has 120 valence electrons. The van der Waals surface area contributed by atoms with E-state index in [0.29, 0.717) is 0 Å². The molecular weight excluding hydrogens is 284 g/mol. The molecule has 1 aliphatic carbocycles. The highest BCUT2D eigenvalue weighted by atomic mass is 16.5. The van der Waals surface area contributed by atoms with Crippen LogP contribution in [0.3, 0.4) is 0 Å². The summed E-state index contributed by atoms with van der Waals surface area (Å²) in [7, 11) is 0. The van der Waals surface area contributed by atoms with Gasteiger partial charge in [0.25, 0.3) is 0 Å². The molecule has 1 amide bonds. The van der Waals surface area contributed by atoms with Gasteiger partial charge in [0.05, 0.1) is 6.54 Å². The number of carbonyl (C=O) groups excluding carboxylic acids is 1. The minimum Gasteiger partial charge on any atom is -0.480 e. The van der Waals surface area contributed by atoms with E-state index in [2.05, 4.69) is 10.6 Å². The van der Waals surface area contributed by atoms with Crippen molar-refractivity contribution in [1.29, 1.82) is 0 Å². The van der Waals surface area contributed by atoms with Crippen molar-refractivity contribution in [3.63, 3.8) is 0 Å². The molecule has 0 aliphatic heterocycles. The molecular formula is C16H22N2O4. The summed E-state index contributed by atoms with van der Waals surface area (Å²) in [5, 5.41) is 14.6. The lowest BCUT2D eigenvalue weighted by Crippen LogP contribution is -2.52. The second kappa shape index (κ2) is 8.38. The van der Waals surface area contributed by atoms with Gasteiger partial charge in [-0.3, -0.25) is 4.79 Å². The fourth-order valence-corrected chi connectivity index (χ4v) is 2.68. The molecule has 1 aliphatic rings. The molecule has 0 unspecified atom stereocenters. The fraction of sp³-hybridized carbons (Fsp3) is 0.500. The maximum absolute atomic E-state index is 11.9. The van der Waals surface area contributed by atoms with Crippen LogP contribution in [0.1, 0.15) is 31.2 Å². The van der Waals surface area contributed by atoms with Crippen LogP contribution >= 0.6 is 0 Å². The Morgan fingerprint density at radius 1 is 1.14 bits per heavy atom. The summed E-state index contributed by atoms with van der Waals surface area (Å²) < 4.78 is 5.21. The molecule has 0 radical (unpaired) electrons. The number of benzene rings is 1. The molecule has 1 aromatic rings. The van der Waals surface area contributed by atoms with E-state index in [0.717, 1.165) is 31.2 Å². The summed E-state index contributed by atoms with van der Waals surface area (Å²) in [6, 6.07) is 9.37. The van der Waals surface area contributed by atoms with Gasteiger partial charge in [0.15, 0.2) is 0 Å². The van der Waals surface area contributed by atoms with Gasteiger partial charge in [-0.25, -0.2) is 4.79 Å². The number of rotatable bonds is 6. The van der Waals surface area contributed by atoms with E-state index < -0.39 is 12.1 Å². The van der Waals surface area contributed by atoms with Gasteiger partial charge in [-0.1, -0.05) is 43.2 Å². The molecule has 6 nitrogen and oxygen atoms in total. The van der Waals surface area contributed by atoms with Crippen LogP contribution in [0.15, 0.2) is 30.3 Å². The van der Waals surface area contributed by atoms with E-state index in [4.69, 9.17) is 9.84 Å². The van der Waals surface area contributed by atoms with Crippen LogP contribution in [0, 0.1) is 0 Å². The van der Waals surface area contributed by atoms with Crippen molar-refractivity contribution in [2.45, 2.75) is 44.4 Å². The largest absolute Gasteiger partial charge is 0.480 e. The SMILES string of the molecule is O=C(O)CN[C@@H]1CCCC[C@@H]1NC(=O)OCc1ccccc1. The van der Waals surface area contributed by atoms with Crippen LogP contribution in [0.5, 0.6) is 0 Å². The van der Waals surface area contributed by atoms with Gasteiger partial charge in [0, 0.05) is 12.1 Å². The number of carboxylic acid groups (broad SMARTS) is 1. The van der Waals surface area contributed by atoms with Crippen LogP contribution in [0.4, 0.5) is 4.79 Å². The minimum absolute atomic E-state index is 0.0193. The third-order valence-corrected chi connectivity index (χ3v) is 3.80. The summed E-state index contributed by atoms with van der Waals surface area (Å²) in [6.07, 6.45) is 3.29. The standard InChI is InChI=1S/C16H22N2O4/c19-15(20)10-17-13-8-4-5-9-14(13)18-16(21)22-11-12-6-2-1-3-7-12/h1-3,6-7,13-14,17H,4-5,8-11H2,(H,18,21)(H,19,20)/t13-,14+/m1/s1. The van der Waals surface area contributed by atoms with Gasteiger partial charge in [0.2, 0.25) is 0 Å². The number of hydrogen-bond donors (Lipinski definition) is 3. The number of carbonyl (C=O) groups is 2.